The minimum absolute atomic E-state index is 0.0110. The summed E-state index contributed by atoms with van der Waals surface area (Å²) in [6.07, 6.45) is -12.1. The van der Waals surface area contributed by atoms with Crippen molar-refractivity contribution < 1.29 is 50.9 Å². The van der Waals surface area contributed by atoms with E-state index in [4.69, 9.17) is 0 Å². The maximum absolute atomic E-state index is 15.1. The lowest BCUT2D eigenvalue weighted by atomic mass is 9.71. The molecule has 1 aliphatic rings. The molecular weight excluding hydrogens is 630 g/mol. The number of nitrogens with zero attached hydrogens (tertiary/aromatic N) is 2. The van der Waals surface area contributed by atoms with Crippen molar-refractivity contribution in [2.24, 2.45) is 0 Å². The molecule has 0 aliphatic carbocycles. The second kappa shape index (κ2) is 11.2. The number of hydrogen-bond acceptors (Lipinski definition) is 5. The van der Waals surface area contributed by atoms with Crippen molar-refractivity contribution in [1.29, 1.82) is 0 Å². The van der Waals surface area contributed by atoms with Crippen LogP contribution in [-0.2, 0) is 5.41 Å². The molecule has 0 saturated heterocycles. The summed E-state index contributed by atoms with van der Waals surface area (Å²) in [5.41, 5.74) is -7.96. The number of benzene rings is 4. The SMILES string of the molecule is Cc1ccc(C(c2ccc3c(c2)C(=O)N(c2ccc(O)cc2C)C3=O)(C(F)(F)F)C(F)(F)F)cc1C(=O)N(C)c1ccc(O)cc1C. The molecule has 0 aromatic heterocycles. The van der Waals surface area contributed by atoms with Crippen molar-refractivity contribution in [3.63, 3.8) is 0 Å². The minimum Gasteiger partial charge on any atom is -0.508 e. The van der Waals surface area contributed by atoms with Crippen molar-refractivity contribution in [1.82, 2.24) is 0 Å². The lowest BCUT2D eigenvalue weighted by molar-refractivity contribution is -0.288. The lowest BCUT2D eigenvalue weighted by Crippen LogP contribution is -2.55. The van der Waals surface area contributed by atoms with Gasteiger partial charge in [-0.25, -0.2) is 4.90 Å². The molecule has 0 unspecified atom stereocenters. The number of amides is 3. The summed E-state index contributed by atoms with van der Waals surface area (Å²) >= 11 is 0. The van der Waals surface area contributed by atoms with Gasteiger partial charge >= 0.3 is 12.4 Å². The van der Waals surface area contributed by atoms with E-state index < -0.39 is 63.3 Å². The molecule has 0 atom stereocenters. The first-order chi connectivity index (χ1) is 21.8. The summed E-state index contributed by atoms with van der Waals surface area (Å²) in [6.45, 7) is 4.38. The van der Waals surface area contributed by atoms with E-state index in [1.165, 1.54) is 57.3 Å². The highest BCUT2D eigenvalue weighted by atomic mass is 19.4. The summed E-state index contributed by atoms with van der Waals surface area (Å²) < 4.78 is 90.7. The number of alkyl halides is 6. The summed E-state index contributed by atoms with van der Waals surface area (Å²) in [5, 5.41) is 19.4. The maximum Gasteiger partial charge on any atom is 0.411 e. The Morgan fingerprint density at radius 1 is 0.660 bits per heavy atom. The van der Waals surface area contributed by atoms with E-state index in [1.54, 1.807) is 6.92 Å². The van der Waals surface area contributed by atoms with E-state index in [1.807, 2.05) is 0 Å². The molecule has 2 N–H and O–H groups in total. The van der Waals surface area contributed by atoms with Crippen LogP contribution in [0.3, 0.4) is 0 Å². The molecule has 13 heteroatoms. The molecule has 5 rings (SSSR count). The van der Waals surface area contributed by atoms with E-state index in [0.29, 0.717) is 34.7 Å². The zero-order valence-corrected chi connectivity index (χ0v) is 25.2. The topological polar surface area (TPSA) is 98.2 Å². The van der Waals surface area contributed by atoms with Gasteiger partial charge in [0.2, 0.25) is 5.41 Å². The third kappa shape index (κ3) is 5.15. The first kappa shape index (κ1) is 33.0. The molecule has 3 amide bonds. The van der Waals surface area contributed by atoms with Gasteiger partial charge in [-0.1, -0.05) is 18.2 Å². The molecule has 0 saturated carbocycles. The first-order valence-corrected chi connectivity index (χ1v) is 14.0. The van der Waals surface area contributed by atoms with Crippen LogP contribution in [0.25, 0.3) is 0 Å². The van der Waals surface area contributed by atoms with Crippen LogP contribution < -0.4 is 9.80 Å². The van der Waals surface area contributed by atoms with E-state index in [-0.39, 0.29) is 34.0 Å². The molecule has 4 aromatic rings. The van der Waals surface area contributed by atoms with Crippen molar-refractivity contribution in [2.75, 3.05) is 16.8 Å². The zero-order valence-electron chi connectivity index (χ0n) is 25.2. The molecule has 1 aliphatic heterocycles. The van der Waals surface area contributed by atoms with Crippen molar-refractivity contribution in [2.45, 2.75) is 38.5 Å². The fourth-order valence-electron chi connectivity index (χ4n) is 5.96. The number of anilines is 2. The lowest BCUT2D eigenvalue weighted by Gasteiger charge is -2.38. The first-order valence-electron chi connectivity index (χ1n) is 14.0. The summed E-state index contributed by atoms with van der Waals surface area (Å²) in [6, 6.07) is 11.4. The number of hydrogen-bond donors (Lipinski definition) is 2. The number of halogens is 6. The van der Waals surface area contributed by atoms with Crippen LogP contribution in [0.1, 0.15) is 58.9 Å². The summed E-state index contributed by atoms with van der Waals surface area (Å²) in [7, 11) is 1.29. The molecule has 7 nitrogen and oxygen atoms in total. The molecule has 47 heavy (non-hydrogen) atoms. The van der Waals surface area contributed by atoms with Crippen LogP contribution in [0.15, 0.2) is 72.8 Å². The number of aryl methyl sites for hydroxylation is 3. The van der Waals surface area contributed by atoms with Crippen LogP contribution in [0, 0.1) is 20.8 Å². The van der Waals surface area contributed by atoms with Gasteiger partial charge in [-0.2, -0.15) is 26.3 Å². The Bertz CT molecular complexity index is 1950. The van der Waals surface area contributed by atoms with E-state index in [2.05, 4.69) is 0 Å². The predicted molar refractivity (Wildman–Crippen MR) is 160 cm³/mol. The molecule has 0 spiro atoms. The average molecular weight is 657 g/mol. The van der Waals surface area contributed by atoms with E-state index in [0.717, 1.165) is 17.0 Å². The van der Waals surface area contributed by atoms with Gasteiger partial charge in [-0.15, -0.1) is 0 Å². The van der Waals surface area contributed by atoms with Gasteiger partial charge in [-0.05, 0) is 103 Å². The average Bonchev–Trinajstić information content (AvgIpc) is 3.21. The molecule has 4 aromatic carbocycles. The van der Waals surface area contributed by atoms with Crippen molar-refractivity contribution >= 4 is 29.1 Å². The number of imide groups is 1. The van der Waals surface area contributed by atoms with Crippen molar-refractivity contribution in [3.8, 4) is 11.5 Å². The smallest absolute Gasteiger partial charge is 0.411 e. The fraction of sp³-hybridized carbons (Fsp3) is 0.206. The second-order valence-corrected chi connectivity index (χ2v) is 11.3. The highest BCUT2D eigenvalue weighted by Crippen LogP contribution is 2.57. The zero-order chi connectivity index (χ0) is 34.8. The Kier molecular flexibility index (Phi) is 7.86. The fourth-order valence-corrected chi connectivity index (χ4v) is 5.96. The number of aromatic hydroxyl groups is 2. The highest BCUT2D eigenvalue weighted by Gasteiger charge is 2.72. The normalized spacial score (nSPS) is 13.6. The third-order valence-corrected chi connectivity index (χ3v) is 8.34. The quantitative estimate of drug-likeness (QED) is 0.171. The van der Waals surface area contributed by atoms with Crippen molar-refractivity contribution in [3.05, 3.63) is 117 Å². The monoisotopic (exact) mass is 656 g/mol. The Balaban J connectivity index is 1.69. The number of phenols is 2. The van der Waals surface area contributed by atoms with E-state index in [9.17, 15) is 24.6 Å². The Morgan fingerprint density at radius 3 is 1.77 bits per heavy atom. The van der Waals surface area contributed by atoms with Crippen LogP contribution in [0.4, 0.5) is 37.7 Å². The minimum atomic E-state index is -6.05. The van der Waals surface area contributed by atoms with Crippen LogP contribution in [0.5, 0.6) is 11.5 Å². The van der Waals surface area contributed by atoms with Gasteiger partial charge in [0.1, 0.15) is 11.5 Å². The standard InChI is InChI=1S/C34H26F6N2O5/c1-17-5-6-20(15-25(17)29(45)41(4)27-11-8-22(43)13-18(27)2)32(33(35,36)37,34(38,39)40)21-7-10-24-26(16-21)31(47)42(30(24)46)28-12-9-23(44)14-19(28)3/h5-16,43-44H,1-4H3. The van der Waals surface area contributed by atoms with Gasteiger partial charge in [0, 0.05) is 18.3 Å². The summed E-state index contributed by atoms with van der Waals surface area (Å²) in [4.78, 5) is 41.8. The van der Waals surface area contributed by atoms with Gasteiger partial charge in [-0.3, -0.25) is 14.4 Å². The number of carbonyl (C=O) groups is 3. The maximum atomic E-state index is 15.1. The molecule has 244 valence electrons. The Hall–Kier alpha value is -5.33. The van der Waals surface area contributed by atoms with Crippen LogP contribution >= 0.6 is 0 Å². The summed E-state index contributed by atoms with van der Waals surface area (Å²) in [5.74, 6) is -3.33. The molecule has 0 bridgehead atoms. The molecule has 0 fully saturated rings. The number of phenolic OH excluding ortho intramolecular Hbond substituents is 2. The third-order valence-electron chi connectivity index (χ3n) is 8.34. The number of carbonyl (C=O) groups excluding carboxylic acids is 3. The molecule has 1 heterocycles. The van der Waals surface area contributed by atoms with Crippen LogP contribution in [-0.4, -0.2) is 47.3 Å². The van der Waals surface area contributed by atoms with Gasteiger partial charge in [0.25, 0.3) is 17.7 Å². The molecule has 0 radical (unpaired) electrons. The highest BCUT2D eigenvalue weighted by molar-refractivity contribution is 6.34. The predicted octanol–water partition coefficient (Wildman–Crippen LogP) is 7.51. The largest absolute Gasteiger partial charge is 0.508 e. The van der Waals surface area contributed by atoms with Crippen LogP contribution in [0.2, 0.25) is 0 Å². The Morgan fingerprint density at radius 2 is 1.19 bits per heavy atom. The van der Waals surface area contributed by atoms with Gasteiger partial charge in [0.15, 0.2) is 0 Å². The van der Waals surface area contributed by atoms with E-state index >= 15 is 26.3 Å². The van der Waals surface area contributed by atoms with Gasteiger partial charge in [0.05, 0.1) is 16.8 Å². The second-order valence-electron chi connectivity index (χ2n) is 11.3. The number of rotatable bonds is 5. The number of fused-ring (bicyclic) bond motifs is 1. The molecular formula is C34H26F6N2O5. The Labute approximate surface area is 264 Å². The van der Waals surface area contributed by atoms with Gasteiger partial charge < -0.3 is 15.1 Å².